The number of benzene rings is 2. The second-order valence-electron chi connectivity index (χ2n) is 13.6. The molecule has 0 bridgehead atoms. The number of nitrogens with one attached hydrogen (secondary N) is 1. The average Bonchev–Trinajstić information content (AvgIpc) is 3.73. The molecule has 2 fully saturated rings. The van der Waals surface area contributed by atoms with Gasteiger partial charge in [-0.1, -0.05) is 55.5 Å². The first-order chi connectivity index (χ1) is 22.7. The van der Waals surface area contributed by atoms with Gasteiger partial charge < -0.3 is 20.7 Å². The first-order valence-electron chi connectivity index (χ1n) is 17.1. The average molecular weight is 636 g/mol. The maximum Gasteiger partial charge on any atom is 0.255 e. The fourth-order valence-corrected chi connectivity index (χ4v) is 7.02. The number of aromatic nitrogens is 3. The number of pyridine rings is 1. The SMILES string of the molecule is CCCN1CCN(C(C)(C)c2ccc(-c3ccc(CO[C@H]4CCC[C@@H]4NC(=O)c4cc(-c5cnn(C)c5)cnc4N)cc3)cc2)CC1. The summed E-state index contributed by atoms with van der Waals surface area (Å²) in [7, 11) is 1.85. The fraction of sp³-hybridized carbons (Fsp3) is 0.447. The molecular formula is C38H49N7O2. The molecule has 3 N–H and O–H groups in total. The number of hydrogen-bond acceptors (Lipinski definition) is 7. The molecule has 9 heteroatoms. The Kier molecular flexibility index (Phi) is 10.1. The summed E-state index contributed by atoms with van der Waals surface area (Å²) >= 11 is 0. The van der Waals surface area contributed by atoms with E-state index in [0.717, 1.165) is 62.1 Å². The van der Waals surface area contributed by atoms with Crippen molar-refractivity contribution >= 4 is 11.7 Å². The van der Waals surface area contributed by atoms with Crippen LogP contribution >= 0.6 is 0 Å². The van der Waals surface area contributed by atoms with Gasteiger partial charge in [0.2, 0.25) is 0 Å². The summed E-state index contributed by atoms with van der Waals surface area (Å²) < 4.78 is 8.08. The molecule has 1 amide bonds. The van der Waals surface area contributed by atoms with Crippen molar-refractivity contribution in [2.24, 2.45) is 7.05 Å². The Hall–Kier alpha value is -4.05. The quantitative estimate of drug-likeness (QED) is 0.213. The van der Waals surface area contributed by atoms with Crippen LogP contribution in [0.25, 0.3) is 22.3 Å². The van der Waals surface area contributed by atoms with Crippen molar-refractivity contribution in [2.75, 3.05) is 38.5 Å². The van der Waals surface area contributed by atoms with Crippen LogP contribution in [0.2, 0.25) is 0 Å². The van der Waals surface area contributed by atoms with Crippen molar-refractivity contribution in [3.63, 3.8) is 0 Å². The number of aryl methyl sites for hydroxylation is 1. The van der Waals surface area contributed by atoms with Gasteiger partial charge in [-0.15, -0.1) is 0 Å². The smallest absolute Gasteiger partial charge is 0.255 e. The van der Waals surface area contributed by atoms with Crippen LogP contribution < -0.4 is 11.1 Å². The van der Waals surface area contributed by atoms with E-state index in [1.54, 1.807) is 23.1 Å². The molecule has 6 rings (SSSR count). The first-order valence-corrected chi connectivity index (χ1v) is 17.1. The predicted molar refractivity (Wildman–Crippen MR) is 188 cm³/mol. The number of rotatable bonds is 11. The maximum absolute atomic E-state index is 13.3. The molecule has 1 saturated carbocycles. The molecule has 0 unspecified atom stereocenters. The number of carbonyl (C=O) groups is 1. The van der Waals surface area contributed by atoms with Gasteiger partial charge in [0.05, 0.1) is 30.5 Å². The van der Waals surface area contributed by atoms with Crippen molar-refractivity contribution in [2.45, 2.75) is 70.7 Å². The third kappa shape index (κ3) is 7.59. The molecule has 2 aromatic heterocycles. The lowest BCUT2D eigenvalue weighted by Gasteiger charge is -2.44. The molecule has 9 nitrogen and oxygen atoms in total. The van der Waals surface area contributed by atoms with Crippen LogP contribution in [-0.2, 0) is 23.9 Å². The molecule has 3 heterocycles. The van der Waals surface area contributed by atoms with Crippen molar-refractivity contribution in [1.82, 2.24) is 29.9 Å². The van der Waals surface area contributed by atoms with Gasteiger partial charge in [0.1, 0.15) is 5.82 Å². The highest BCUT2D eigenvalue weighted by Gasteiger charge is 2.32. The van der Waals surface area contributed by atoms with Crippen LogP contribution in [0.4, 0.5) is 5.82 Å². The topological polar surface area (TPSA) is 102 Å². The molecule has 248 valence electrons. The summed E-state index contributed by atoms with van der Waals surface area (Å²) in [6.07, 6.45) is 9.24. The molecule has 1 saturated heterocycles. The molecule has 2 aliphatic rings. The van der Waals surface area contributed by atoms with Crippen LogP contribution in [0, 0.1) is 0 Å². The number of nitrogens with two attached hydrogens (primary N) is 1. The minimum atomic E-state index is -0.227. The largest absolute Gasteiger partial charge is 0.383 e. The lowest BCUT2D eigenvalue weighted by Crippen LogP contribution is -2.53. The number of carbonyl (C=O) groups excluding carboxylic acids is 1. The standard InChI is InChI=1S/C38H49N7O2/c1-5-17-44-18-20-45(21-19-44)38(2,3)32-15-13-29(14-16-32)28-11-9-27(10-12-28)26-47-35-8-6-7-34(35)42-37(46)33-22-30(23-40-36(33)39)31-24-41-43(4)25-31/h9-16,22-25,34-35H,5-8,17-21,26H2,1-4H3,(H2,39,40)(H,42,46)/t34-,35-/m0/s1. The third-order valence-electron chi connectivity index (χ3n) is 10.0. The van der Waals surface area contributed by atoms with Gasteiger partial charge in [0, 0.05) is 62.3 Å². The molecule has 1 aliphatic heterocycles. The highest BCUT2D eigenvalue weighted by atomic mass is 16.5. The van der Waals surface area contributed by atoms with Gasteiger partial charge in [0.25, 0.3) is 5.91 Å². The normalized spacial score (nSPS) is 19.2. The molecule has 2 atom stereocenters. The highest BCUT2D eigenvalue weighted by Crippen LogP contribution is 2.31. The summed E-state index contributed by atoms with van der Waals surface area (Å²) in [5, 5.41) is 7.39. The second kappa shape index (κ2) is 14.4. The number of nitrogens with zero attached hydrogens (tertiary/aromatic N) is 5. The van der Waals surface area contributed by atoms with E-state index in [-0.39, 0.29) is 29.4 Å². The Morgan fingerprint density at radius 3 is 2.32 bits per heavy atom. The van der Waals surface area contributed by atoms with E-state index < -0.39 is 0 Å². The highest BCUT2D eigenvalue weighted by molar-refractivity contribution is 5.99. The van der Waals surface area contributed by atoms with Crippen molar-refractivity contribution in [1.29, 1.82) is 0 Å². The van der Waals surface area contributed by atoms with Crippen molar-refractivity contribution in [3.05, 3.63) is 89.9 Å². The Morgan fingerprint density at radius 1 is 0.957 bits per heavy atom. The van der Waals surface area contributed by atoms with E-state index >= 15 is 0 Å². The van der Waals surface area contributed by atoms with Crippen LogP contribution in [0.15, 0.2) is 73.2 Å². The van der Waals surface area contributed by atoms with E-state index in [1.807, 2.05) is 13.2 Å². The van der Waals surface area contributed by atoms with Gasteiger partial charge in [-0.25, -0.2) is 4.98 Å². The number of ether oxygens (including phenoxy) is 1. The molecular weight excluding hydrogens is 586 g/mol. The van der Waals surface area contributed by atoms with Gasteiger partial charge >= 0.3 is 0 Å². The lowest BCUT2D eigenvalue weighted by molar-refractivity contribution is 0.0272. The molecule has 47 heavy (non-hydrogen) atoms. The lowest BCUT2D eigenvalue weighted by atomic mass is 9.90. The van der Waals surface area contributed by atoms with Crippen molar-refractivity contribution in [3.8, 4) is 22.3 Å². The van der Waals surface area contributed by atoms with Crippen LogP contribution in [-0.4, -0.2) is 75.3 Å². The monoisotopic (exact) mass is 635 g/mol. The summed E-state index contributed by atoms with van der Waals surface area (Å²) in [5.74, 6) is -0.0144. The third-order valence-corrected chi connectivity index (χ3v) is 10.0. The summed E-state index contributed by atoms with van der Waals surface area (Å²) in [4.78, 5) is 22.8. The Labute approximate surface area is 279 Å². The first kappa shape index (κ1) is 32.9. The molecule has 4 aromatic rings. The maximum atomic E-state index is 13.3. The number of amides is 1. The van der Waals surface area contributed by atoms with Crippen LogP contribution in [0.3, 0.4) is 0 Å². The van der Waals surface area contributed by atoms with E-state index in [0.29, 0.717) is 12.2 Å². The van der Waals surface area contributed by atoms with E-state index in [1.165, 1.54) is 29.7 Å². The molecule has 1 aliphatic carbocycles. The van der Waals surface area contributed by atoms with Gasteiger partial charge in [-0.2, -0.15) is 5.10 Å². The van der Waals surface area contributed by atoms with Gasteiger partial charge in [0.15, 0.2) is 0 Å². The van der Waals surface area contributed by atoms with Gasteiger partial charge in [-0.05, 0) is 74.4 Å². The second-order valence-corrected chi connectivity index (χ2v) is 13.6. The Morgan fingerprint density at radius 2 is 1.66 bits per heavy atom. The molecule has 0 spiro atoms. The van der Waals surface area contributed by atoms with E-state index in [2.05, 4.69) is 94.5 Å². The summed E-state index contributed by atoms with van der Waals surface area (Å²) in [6, 6.07) is 19.4. The van der Waals surface area contributed by atoms with Crippen molar-refractivity contribution < 1.29 is 9.53 Å². The van der Waals surface area contributed by atoms with Gasteiger partial charge in [-0.3, -0.25) is 14.4 Å². The molecule has 0 radical (unpaired) electrons. The zero-order valence-corrected chi connectivity index (χ0v) is 28.3. The number of nitrogen functional groups attached to an aromatic ring is 1. The number of anilines is 1. The predicted octanol–water partition coefficient (Wildman–Crippen LogP) is 5.86. The molecule has 2 aromatic carbocycles. The summed E-state index contributed by atoms with van der Waals surface area (Å²) in [6.45, 7) is 13.2. The number of hydrogen-bond donors (Lipinski definition) is 2. The van der Waals surface area contributed by atoms with E-state index in [9.17, 15) is 4.79 Å². The Bertz CT molecular complexity index is 1640. The Balaban J connectivity index is 1.03. The number of piperazine rings is 1. The minimum absolute atomic E-state index is 0.00298. The zero-order valence-electron chi connectivity index (χ0n) is 28.3. The van der Waals surface area contributed by atoms with E-state index in [4.69, 9.17) is 10.5 Å². The zero-order chi connectivity index (χ0) is 33.0. The minimum Gasteiger partial charge on any atom is -0.383 e. The van der Waals surface area contributed by atoms with Crippen LogP contribution in [0.1, 0.15) is 67.9 Å². The summed E-state index contributed by atoms with van der Waals surface area (Å²) in [5.41, 5.74) is 13.0. The fourth-order valence-electron chi connectivity index (χ4n) is 7.02. The van der Waals surface area contributed by atoms with Crippen LogP contribution in [0.5, 0.6) is 0 Å².